The monoisotopic (exact) mass is 495 g/mol. The van der Waals surface area contributed by atoms with E-state index in [1.165, 1.54) is 0 Å². The maximum atomic E-state index is 11.3. The van der Waals surface area contributed by atoms with Crippen molar-refractivity contribution in [1.82, 2.24) is 5.32 Å². The normalized spacial score (nSPS) is 10.4. The molecule has 142 valence electrons. The van der Waals surface area contributed by atoms with E-state index in [1.807, 2.05) is 24.3 Å². The first kappa shape index (κ1) is 29.7. The number of carbonyl (C=O) groups excluding carboxylic acids is 1. The summed E-state index contributed by atoms with van der Waals surface area (Å²) >= 11 is 11.8. The summed E-state index contributed by atoms with van der Waals surface area (Å²) in [6.45, 7) is 0.330. The molecule has 11 heteroatoms. The van der Waals surface area contributed by atoms with Gasteiger partial charge in [0.25, 0.3) is 0 Å². The van der Waals surface area contributed by atoms with Crippen molar-refractivity contribution in [1.29, 1.82) is 0 Å². The third-order valence-electron chi connectivity index (χ3n) is 3.34. The van der Waals surface area contributed by atoms with Gasteiger partial charge in [0.2, 0.25) is 5.91 Å². The van der Waals surface area contributed by atoms with Crippen LogP contribution in [0.5, 0.6) is 11.5 Å². The van der Waals surface area contributed by atoms with Crippen LogP contribution in [0.15, 0.2) is 42.5 Å². The van der Waals surface area contributed by atoms with Crippen molar-refractivity contribution in [2.45, 2.75) is 12.8 Å². The number of nitrogens with one attached hydrogen (secondary N) is 1. The van der Waals surface area contributed by atoms with Gasteiger partial charge in [-0.15, -0.1) is 0 Å². The molecule has 0 aromatic heterocycles. The fraction of sp³-hybridized carbons (Fsp3) is 0.235. The Morgan fingerprint density at radius 1 is 1.04 bits per heavy atom. The fourth-order valence-corrected chi connectivity index (χ4v) is 2.98. The van der Waals surface area contributed by atoms with Crippen molar-refractivity contribution < 1.29 is 23.9 Å². The largest absolute Gasteiger partial charge is 0.457 e. The summed E-state index contributed by atoms with van der Waals surface area (Å²) in [6.07, 6.45) is 0.512. The van der Waals surface area contributed by atoms with E-state index in [0.717, 1.165) is 5.56 Å². The van der Waals surface area contributed by atoms with Crippen LogP contribution in [0.3, 0.4) is 0 Å². The molecule has 0 atom stereocenters. The van der Waals surface area contributed by atoms with Gasteiger partial charge in [0.05, 0.1) is 10.0 Å². The second-order valence-electron chi connectivity index (χ2n) is 5.60. The van der Waals surface area contributed by atoms with Gasteiger partial charge in [-0.1, -0.05) is 35.3 Å². The minimum atomic E-state index is -4.32. The molecule has 1 amide bonds. The zero-order valence-corrected chi connectivity index (χ0v) is 24.3. The number of halogens is 2. The second-order valence-corrected chi connectivity index (χ2v) is 8.06. The van der Waals surface area contributed by atoms with Gasteiger partial charge in [-0.3, -0.25) is 9.36 Å². The standard InChI is InChI=1S/C17H18Cl2NO5P.2K/c18-15-7-6-14(10-16(15)19)25-13-5-1-3-12(9-13)4-2-8-20-17(21)11-26(22,23)24;;/h1,3,5-7,9-10H,2,4,8,11H2,(H,20,21)(H2,22,23,24);;. The maximum Gasteiger partial charge on any atom is 0.334 e. The minimum Gasteiger partial charge on any atom is -0.457 e. The molecular formula is C17H18Cl2K2NO5P. The smallest absolute Gasteiger partial charge is 0.334 e. The Morgan fingerprint density at radius 3 is 2.36 bits per heavy atom. The molecule has 0 aliphatic heterocycles. The molecule has 2 rings (SSSR count). The fourth-order valence-electron chi connectivity index (χ4n) is 2.20. The molecule has 0 aliphatic rings. The molecule has 2 aromatic carbocycles. The van der Waals surface area contributed by atoms with Crippen LogP contribution in [0.2, 0.25) is 10.0 Å². The van der Waals surface area contributed by atoms with Crippen molar-refractivity contribution in [3.63, 3.8) is 0 Å². The average Bonchev–Trinajstić information content (AvgIpc) is 2.54. The summed E-state index contributed by atoms with van der Waals surface area (Å²) in [7, 11) is -4.32. The Balaban J connectivity index is 0.00000364. The van der Waals surface area contributed by atoms with E-state index in [9.17, 15) is 9.36 Å². The van der Waals surface area contributed by atoms with Crippen LogP contribution in [0.4, 0.5) is 0 Å². The molecule has 2 aromatic rings. The molecule has 2 radical (unpaired) electrons. The molecule has 0 aliphatic carbocycles. The topological polar surface area (TPSA) is 95.9 Å². The Hall–Kier alpha value is 1.71. The van der Waals surface area contributed by atoms with Crippen molar-refractivity contribution in [2.75, 3.05) is 12.7 Å². The molecular weight excluding hydrogens is 478 g/mol. The zero-order chi connectivity index (χ0) is 19.2. The maximum absolute atomic E-state index is 11.3. The minimum absolute atomic E-state index is 0. The Labute approximate surface area is 259 Å². The predicted octanol–water partition coefficient (Wildman–Crippen LogP) is 3.25. The molecule has 6 nitrogen and oxygen atoms in total. The van der Waals surface area contributed by atoms with E-state index in [4.69, 9.17) is 37.7 Å². The molecule has 28 heavy (non-hydrogen) atoms. The van der Waals surface area contributed by atoms with Gasteiger partial charge in [0.1, 0.15) is 17.7 Å². The van der Waals surface area contributed by atoms with Crippen molar-refractivity contribution in [3.8, 4) is 11.5 Å². The predicted molar refractivity (Wildman–Crippen MR) is 113 cm³/mol. The number of aryl methyl sites for hydroxylation is 1. The van der Waals surface area contributed by atoms with Crippen LogP contribution in [0.25, 0.3) is 0 Å². The van der Waals surface area contributed by atoms with Gasteiger partial charge in [0, 0.05) is 115 Å². The molecule has 0 saturated carbocycles. The van der Waals surface area contributed by atoms with Crippen LogP contribution in [-0.4, -0.2) is 131 Å². The van der Waals surface area contributed by atoms with Gasteiger partial charge < -0.3 is 19.8 Å². The van der Waals surface area contributed by atoms with Gasteiger partial charge in [-0.05, 0) is 42.7 Å². The third kappa shape index (κ3) is 11.9. The van der Waals surface area contributed by atoms with Crippen LogP contribution < -0.4 is 10.1 Å². The summed E-state index contributed by atoms with van der Waals surface area (Å²) in [5, 5.41) is 3.35. The second kappa shape index (κ2) is 14.7. The van der Waals surface area contributed by atoms with Crippen molar-refractivity contribution in [3.05, 3.63) is 58.1 Å². The van der Waals surface area contributed by atoms with Crippen LogP contribution in [0.1, 0.15) is 12.0 Å². The van der Waals surface area contributed by atoms with E-state index < -0.39 is 19.7 Å². The molecule has 0 unspecified atom stereocenters. The van der Waals surface area contributed by atoms with Crippen LogP contribution in [0, 0.1) is 0 Å². The van der Waals surface area contributed by atoms with Gasteiger partial charge in [-0.2, -0.15) is 0 Å². The van der Waals surface area contributed by atoms with Gasteiger partial charge in [-0.25, -0.2) is 0 Å². The zero-order valence-electron chi connectivity index (χ0n) is 15.7. The van der Waals surface area contributed by atoms with Crippen LogP contribution >= 0.6 is 30.8 Å². The van der Waals surface area contributed by atoms with Crippen LogP contribution in [-0.2, 0) is 15.8 Å². The number of amides is 1. The van der Waals surface area contributed by atoms with Crippen molar-refractivity contribution >= 4 is 139 Å². The summed E-state index contributed by atoms with van der Waals surface area (Å²) in [6, 6.07) is 12.5. The molecule has 0 fully saturated rings. The van der Waals surface area contributed by atoms with E-state index in [1.54, 1.807) is 18.2 Å². The van der Waals surface area contributed by atoms with E-state index in [0.29, 0.717) is 40.9 Å². The van der Waals surface area contributed by atoms with Gasteiger partial charge >= 0.3 is 7.60 Å². The summed E-state index contributed by atoms with van der Waals surface area (Å²) in [5.74, 6) is 0.558. The van der Waals surface area contributed by atoms with Gasteiger partial charge in [0.15, 0.2) is 0 Å². The number of hydrogen-bond acceptors (Lipinski definition) is 3. The third-order valence-corrected chi connectivity index (χ3v) is 4.78. The molecule has 0 bridgehead atoms. The Bertz CT molecular complexity index is 835. The Kier molecular flexibility index (Phi) is 15.6. The van der Waals surface area contributed by atoms with E-state index in [2.05, 4.69) is 5.32 Å². The molecule has 3 N–H and O–H groups in total. The van der Waals surface area contributed by atoms with E-state index in [-0.39, 0.29) is 103 Å². The molecule has 0 spiro atoms. The molecule has 0 saturated heterocycles. The van der Waals surface area contributed by atoms with Crippen molar-refractivity contribution in [2.24, 2.45) is 0 Å². The number of ether oxygens (including phenoxy) is 1. The number of rotatable bonds is 8. The quantitative estimate of drug-likeness (QED) is 0.296. The van der Waals surface area contributed by atoms with E-state index >= 15 is 0 Å². The molecule has 0 heterocycles. The SMILES string of the molecule is O=C(CP(=O)(O)O)NCCCc1cccc(Oc2ccc(Cl)c(Cl)c2)c1.[K].[K]. The summed E-state index contributed by atoms with van der Waals surface area (Å²) in [4.78, 5) is 28.8. The number of hydrogen-bond donors (Lipinski definition) is 3. The first-order chi connectivity index (χ1) is 12.2. The Morgan fingerprint density at radius 2 is 1.71 bits per heavy atom. The summed E-state index contributed by atoms with van der Waals surface area (Å²) < 4.78 is 16.5. The number of benzene rings is 2. The average molecular weight is 496 g/mol. The number of carbonyl (C=O) groups is 1. The first-order valence-corrected chi connectivity index (χ1v) is 10.3. The first-order valence-electron chi connectivity index (χ1n) is 7.76. The summed E-state index contributed by atoms with van der Waals surface area (Å²) in [5.41, 5.74) is 1.01.